The van der Waals surface area contributed by atoms with Gasteiger partial charge in [-0.1, -0.05) is 26.8 Å². The van der Waals surface area contributed by atoms with Crippen LogP contribution in [0.1, 0.15) is 74.3 Å². The van der Waals surface area contributed by atoms with Crippen LogP contribution >= 0.6 is 0 Å². The van der Waals surface area contributed by atoms with E-state index in [0.29, 0.717) is 17.1 Å². The van der Waals surface area contributed by atoms with Crippen molar-refractivity contribution in [1.29, 1.82) is 0 Å². The maximum Gasteiger partial charge on any atom is 0.246 e. The van der Waals surface area contributed by atoms with Gasteiger partial charge in [0.1, 0.15) is 28.8 Å². The second-order valence-corrected chi connectivity index (χ2v) is 13.4. The first-order valence-corrected chi connectivity index (χ1v) is 14.5. The minimum absolute atomic E-state index is 0.00384. The van der Waals surface area contributed by atoms with Gasteiger partial charge < -0.3 is 4.42 Å². The van der Waals surface area contributed by atoms with Gasteiger partial charge in [0.05, 0.1) is 40.0 Å². The van der Waals surface area contributed by atoms with E-state index in [2.05, 4.69) is 34.0 Å². The molecule has 1 saturated carbocycles. The molecule has 1 fully saturated rings. The summed E-state index contributed by atoms with van der Waals surface area (Å²) < 4.78 is 59.4. The molecule has 2 aliphatic carbocycles. The number of aromatic nitrogens is 5. The Morgan fingerprint density at radius 2 is 1.85 bits per heavy atom. The minimum Gasteiger partial charge on any atom is -0.443 e. The number of hydrogen-bond donors (Lipinski definition) is 0. The van der Waals surface area contributed by atoms with Gasteiger partial charge in [0, 0.05) is 11.9 Å². The van der Waals surface area contributed by atoms with Crippen LogP contribution in [0.4, 0.5) is 8.78 Å². The molecule has 1 unspecified atom stereocenters. The highest BCUT2D eigenvalue weighted by Crippen LogP contribution is 2.69. The van der Waals surface area contributed by atoms with Crippen molar-refractivity contribution >= 4 is 9.84 Å². The van der Waals surface area contributed by atoms with Gasteiger partial charge in [-0.15, -0.1) is 5.10 Å². The smallest absolute Gasteiger partial charge is 0.246 e. The molecule has 2 aliphatic rings. The average molecular weight is 552 g/mol. The molecule has 3 aromatic heterocycles. The van der Waals surface area contributed by atoms with Crippen molar-refractivity contribution in [3.8, 4) is 22.8 Å². The lowest BCUT2D eigenvalue weighted by Crippen LogP contribution is -2.38. The predicted octanol–water partition coefficient (Wildman–Crippen LogP) is 5.57. The summed E-state index contributed by atoms with van der Waals surface area (Å²) >= 11 is 0. The van der Waals surface area contributed by atoms with E-state index in [9.17, 15) is 17.2 Å². The van der Waals surface area contributed by atoms with Crippen LogP contribution < -0.4 is 0 Å². The van der Waals surface area contributed by atoms with E-state index in [-0.39, 0.29) is 34.2 Å². The molecular weight excluding hydrogens is 524 g/mol. The van der Waals surface area contributed by atoms with Crippen LogP contribution in [-0.2, 0) is 15.3 Å². The van der Waals surface area contributed by atoms with Gasteiger partial charge in [-0.25, -0.2) is 27.2 Å². The van der Waals surface area contributed by atoms with Crippen LogP contribution in [0.25, 0.3) is 22.8 Å². The third kappa shape index (κ3) is 3.58. The van der Waals surface area contributed by atoms with E-state index in [1.807, 2.05) is 0 Å². The number of sulfone groups is 1. The Morgan fingerprint density at radius 1 is 1.10 bits per heavy atom. The Morgan fingerprint density at radius 3 is 2.56 bits per heavy atom. The SMILES string of the molecule is CCS(=O)(=O)C(C)c1coc(-c2cncc([C@@]34CC[C@@H](c5cc(-c6c(F)cccc6F)nnc53)C4(C)C)n2)n1. The van der Waals surface area contributed by atoms with Gasteiger partial charge >= 0.3 is 0 Å². The molecule has 4 aromatic rings. The fourth-order valence-corrected chi connectivity index (χ4v) is 7.43. The summed E-state index contributed by atoms with van der Waals surface area (Å²) in [5, 5.41) is 8.01. The minimum atomic E-state index is -3.35. The van der Waals surface area contributed by atoms with E-state index in [1.54, 1.807) is 26.1 Å². The number of fused-ring (bicyclic) bond motifs is 5. The van der Waals surface area contributed by atoms with E-state index in [4.69, 9.17) is 9.40 Å². The summed E-state index contributed by atoms with van der Waals surface area (Å²) in [5.41, 5.74) is 1.98. The van der Waals surface area contributed by atoms with Crippen molar-refractivity contribution in [2.24, 2.45) is 5.41 Å². The summed E-state index contributed by atoms with van der Waals surface area (Å²) in [5.74, 6) is -1.13. The predicted molar refractivity (Wildman–Crippen MR) is 139 cm³/mol. The fraction of sp³-hybridized carbons (Fsp3) is 0.393. The maximum atomic E-state index is 14.5. The zero-order chi connectivity index (χ0) is 27.7. The molecule has 202 valence electrons. The van der Waals surface area contributed by atoms with Gasteiger partial charge in [-0.3, -0.25) is 4.98 Å². The summed E-state index contributed by atoms with van der Waals surface area (Å²) in [4.78, 5) is 13.7. The van der Waals surface area contributed by atoms with E-state index in [0.717, 1.165) is 24.1 Å². The number of oxazole rings is 1. The quantitative estimate of drug-likeness (QED) is 0.306. The van der Waals surface area contributed by atoms with Crippen molar-refractivity contribution in [3.63, 3.8) is 0 Å². The normalized spacial score (nSPS) is 22.2. The summed E-state index contributed by atoms with van der Waals surface area (Å²) in [6.45, 7) is 7.46. The molecule has 3 heterocycles. The Labute approximate surface area is 224 Å². The Kier molecular flexibility index (Phi) is 5.73. The molecule has 8 nitrogen and oxygen atoms in total. The third-order valence-corrected chi connectivity index (χ3v) is 10.9. The van der Waals surface area contributed by atoms with Crippen LogP contribution in [0, 0.1) is 17.0 Å². The standard InChI is InChI=1S/C28H27F2N5O3S/c1-5-39(36,37)15(2)22-14-38-26(33-22)21-12-31-13-23(32-21)28-10-9-17(27(28,3)4)16-11-20(34-35-25(16)28)24-18(29)7-6-8-19(24)30/h6-8,11-15,17H,5,9-10H2,1-4H3/t15?,17-,28-/m0/s1. The van der Waals surface area contributed by atoms with Gasteiger partial charge in [-0.2, -0.15) is 5.10 Å². The highest BCUT2D eigenvalue weighted by atomic mass is 32.2. The summed E-state index contributed by atoms with van der Waals surface area (Å²) in [6, 6.07) is 5.49. The Balaban J connectivity index is 1.44. The zero-order valence-corrected chi connectivity index (χ0v) is 22.8. The molecule has 1 aromatic carbocycles. The second-order valence-electron chi connectivity index (χ2n) is 10.8. The molecule has 0 spiro atoms. The number of halogens is 2. The van der Waals surface area contributed by atoms with Gasteiger partial charge in [0.15, 0.2) is 9.84 Å². The maximum absolute atomic E-state index is 14.5. The Bertz CT molecular complexity index is 1700. The number of rotatable bonds is 6. The molecule has 39 heavy (non-hydrogen) atoms. The highest BCUT2D eigenvalue weighted by Gasteiger charge is 2.65. The molecule has 3 atom stereocenters. The lowest BCUT2D eigenvalue weighted by molar-refractivity contribution is 0.242. The number of benzene rings is 1. The van der Waals surface area contributed by atoms with Crippen molar-refractivity contribution in [2.45, 2.75) is 57.1 Å². The molecular formula is C28H27F2N5O3S. The van der Waals surface area contributed by atoms with Crippen LogP contribution in [-0.4, -0.2) is 39.3 Å². The lowest BCUT2D eigenvalue weighted by Gasteiger charge is -2.37. The average Bonchev–Trinajstić information content (AvgIpc) is 3.56. The van der Waals surface area contributed by atoms with Crippen LogP contribution in [0.2, 0.25) is 0 Å². The van der Waals surface area contributed by atoms with Crippen LogP contribution in [0.3, 0.4) is 0 Å². The topological polar surface area (TPSA) is 112 Å². The second kappa shape index (κ2) is 8.70. The molecule has 2 bridgehead atoms. The van der Waals surface area contributed by atoms with Gasteiger partial charge in [0.2, 0.25) is 5.89 Å². The highest BCUT2D eigenvalue weighted by molar-refractivity contribution is 7.91. The number of nitrogens with zero attached hydrogens (tertiary/aromatic N) is 5. The lowest BCUT2D eigenvalue weighted by atomic mass is 9.66. The molecule has 0 N–H and O–H groups in total. The zero-order valence-electron chi connectivity index (χ0n) is 21.9. The molecule has 0 aliphatic heterocycles. The van der Waals surface area contributed by atoms with Crippen LogP contribution in [0.5, 0.6) is 0 Å². The summed E-state index contributed by atoms with van der Waals surface area (Å²) in [7, 11) is -3.35. The first kappa shape index (κ1) is 25.7. The van der Waals surface area contributed by atoms with Crippen LogP contribution in [0.15, 0.2) is 47.3 Å². The molecule has 0 amide bonds. The van der Waals surface area contributed by atoms with Crippen molar-refractivity contribution in [3.05, 3.63) is 77.2 Å². The largest absolute Gasteiger partial charge is 0.443 e. The Hall–Kier alpha value is -3.60. The first-order valence-electron chi connectivity index (χ1n) is 12.8. The van der Waals surface area contributed by atoms with Gasteiger partial charge in [-0.05, 0) is 54.9 Å². The molecule has 0 radical (unpaired) electrons. The van der Waals surface area contributed by atoms with Crippen molar-refractivity contribution in [1.82, 2.24) is 25.1 Å². The van der Waals surface area contributed by atoms with E-state index < -0.39 is 32.1 Å². The number of hydrogen-bond acceptors (Lipinski definition) is 8. The first-order chi connectivity index (χ1) is 18.5. The van der Waals surface area contributed by atoms with Crippen molar-refractivity contribution < 1.29 is 21.6 Å². The molecule has 11 heteroatoms. The van der Waals surface area contributed by atoms with E-state index >= 15 is 0 Å². The van der Waals surface area contributed by atoms with Gasteiger partial charge in [0.25, 0.3) is 0 Å². The summed E-state index contributed by atoms with van der Waals surface area (Å²) in [6.07, 6.45) is 6.16. The van der Waals surface area contributed by atoms with Crippen molar-refractivity contribution in [2.75, 3.05) is 5.75 Å². The molecule has 0 saturated heterocycles. The third-order valence-electron chi connectivity index (χ3n) is 8.77. The fourth-order valence-electron chi connectivity index (χ4n) is 6.46. The molecule has 6 rings (SSSR count). The monoisotopic (exact) mass is 551 g/mol. The van der Waals surface area contributed by atoms with E-state index in [1.165, 1.54) is 30.7 Å².